The number of hydrogen-bond acceptors (Lipinski definition) is 2. The van der Waals surface area contributed by atoms with Gasteiger partial charge in [-0.1, -0.05) is 78.4 Å². The van der Waals surface area contributed by atoms with Gasteiger partial charge >= 0.3 is 0 Å². The van der Waals surface area contributed by atoms with Crippen molar-refractivity contribution in [2.45, 2.75) is 13.0 Å². The van der Waals surface area contributed by atoms with E-state index in [0.717, 1.165) is 18.7 Å². The molecule has 0 radical (unpaired) electrons. The molecule has 0 aliphatic carbocycles. The molecule has 0 saturated carbocycles. The van der Waals surface area contributed by atoms with Crippen LogP contribution in [0.4, 0.5) is 0 Å². The van der Waals surface area contributed by atoms with Crippen molar-refractivity contribution in [3.63, 3.8) is 0 Å². The zero-order chi connectivity index (χ0) is 22.3. The van der Waals surface area contributed by atoms with Gasteiger partial charge in [0.05, 0.1) is 32.7 Å². The molecule has 0 bridgehead atoms. The lowest BCUT2D eigenvalue weighted by Crippen LogP contribution is -3.15. The summed E-state index contributed by atoms with van der Waals surface area (Å²) >= 11 is 0. The van der Waals surface area contributed by atoms with E-state index in [-0.39, 0.29) is 24.4 Å². The molecule has 5 heteroatoms. The molecule has 5 nitrogen and oxygen atoms in total. The third kappa shape index (κ3) is 5.24. The van der Waals surface area contributed by atoms with E-state index in [1.807, 2.05) is 42.2 Å². The van der Waals surface area contributed by atoms with Crippen LogP contribution in [0, 0.1) is 6.92 Å². The van der Waals surface area contributed by atoms with Crippen molar-refractivity contribution in [2.75, 3.05) is 32.7 Å². The lowest BCUT2D eigenvalue weighted by Gasteiger charge is -2.37. The van der Waals surface area contributed by atoms with Gasteiger partial charge in [0.15, 0.2) is 0 Å². The number of aryl methyl sites for hydroxylation is 1. The molecule has 3 aromatic rings. The number of amides is 2. The van der Waals surface area contributed by atoms with Crippen molar-refractivity contribution in [1.82, 2.24) is 10.2 Å². The number of carbonyl (C=O) groups excluding carboxylic acids is 2. The number of nitrogens with one attached hydrogen (secondary N) is 2. The number of rotatable bonds is 6. The van der Waals surface area contributed by atoms with Crippen LogP contribution in [0.5, 0.6) is 0 Å². The maximum absolute atomic E-state index is 12.7. The van der Waals surface area contributed by atoms with Gasteiger partial charge in [0.1, 0.15) is 6.04 Å². The molecule has 0 spiro atoms. The zero-order valence-electron chi connectivity index (χ0n) is 18.5. The van der Waals surface area contributed by atoms with E-state index < -0.39 is 0 Å². The summed E-state index contributed by atoms with van der Waals surface area (Å²) in [6.45, 7) is 5.08. The summed E-state index contributed by atoms with van der Waals surface area (Å²) in [5.41, 5.74) is 4.19. The van der Waals surface area contributed by atoms with Crippen LogP contribution in [0.25, 0.3) is 0 Å². The minimum absolute atomic E-state index is 0.0268. The Balaban J connectivity index is 1.36. The summed E-state index contributed by atoms with van der Waals surface area (Å²) in [6.07, 6.45) is 0. The molecular weight excluding hydrogens is 398 g/mol. The van der Waals surface area contributed by atoms with Gasteiger partial charge in [-0.25, -0.2) is 0 Å². The normalized spacial score (nSPS) is 14.4. The topological polar surface area (TPSA) is 53.9 Å². The Morgan fingerprint density at radius 1 is 0.875 bits per heavy atom. The molecule has 1 heterocycles. The maximum atomic E-state index is 12.7. The van der Waals surface area contributed by atoms with E-state index in [9.17, 15) is 9.59 Å². The molecule has 164 valence electrons. The van der Waals surface area contributed by atoms with Gasteiger partial charge in [0, 0.05) is 16.7 Å². The van der Waals surface area contributed by atoms with E-state index in [4.69, 9.17) is 0 Å². The van der Waals surface area contributed by atoms with E-state index in [2.05, 4.69) is 53.8 Å². The molecule has 0 unspecified atom stereocenters. The van der Waals surface area contributed by atoms with Crippen LogP contribution in [-0.2, 0) is 4.79 Å². The first-order chi connectivity index (χ1) is 15.6. The fraction of sp³-hybridized carbons (Fsp3) is 0.259. The summed E-state index contributed by atoms with van der Waals surface area (Å²) in [5.74, 6) is -0.236. The number of carbonyl (C=O) groups is 2. The highest BCUT2D eigenvalue weighted by atomic mass is 16.2. The van der Waals surface area contributed by atoms with Crippen LogP contribution in [0.3, 0.4) is 0 Å². The molecule has 4 rings (SSSR count). The number of benzene rings is 3. The van der Waals surface area contributed by atoms with Crippen molar-refractivity contribution in [3.8, 4) is 0 Å². The third-order valence-corrected chi connectivity index (χ3v) is 6.11. The van der Waals surface area contributed by atoms with Gasteiger partial charge in [-0.2, -0.15) is 0 Å². The van der Waals surface area contributed by atoms with Crippen LogP contribution in [0.2, 0.25) is 0 Å². The highest BCUT2D eigenvalue weighted by Gasteiger charge is 2.31. The lowest BCUT2D eigenvalue weighted by atomic mass is 9.96. The minimum Gasteiger partial charge on any atom is -0.343 e. The zero-order valence-corrected chi connectivity index (χ0v) is 18.5. The summed E-state index contributed by atoms with van der Waals surface area (Å²) in [5, 5.41) is 2.77. The first-order valence-corrected chi connectivity index (χ1v) is 11.2. The first kappa shape index (κ1) is 21.8. The Morgan fingerprint density at radius 3 is 2.03 bits per heavy atom. The molecule has 1 saturated heterocycles. The van der Waals surface area contributed by atoms with Crippen molar-refractivity contribution in [2.24, 2.45) is 0 Å². The summed E-state index contributed by atoms with van der Waals surface area (Å²) in [7, 11) is 0. The fourth-order valence-electron chi connectivity index (χ4n) is 4.44. The van der Waals surface area contributed by atoms with Crippen LogP contribution in [0.1, 0.15) is 33.1 Å². The Bertz CT molecular complexity index is 1010. The number of piperazine rings is 1. The number of quaternary nitrogens is 1. The van der Waals surface area contributed by atoms with Gasteiger partial charge < -0.3 is 15.1 Å². The number of hydrogen-bond donors (Lipinski definition) is 2. The van der Waals surface area contributed by atoms with Crippen molar-refractivity contribution in [1.29, 1.82) is 0 Å². The predicted molar refractivity (Wildman–Crippen MR) is 126 cm³/mol. The smallest absolute Gasteiger partial charge is 0.251 e. The Hall–Kier alpha value is -3.44. The van der Waals surface area contributed by atoms with Crippen LogP contribution < -0.4 is 10.2 Å². The molecule has 1 aliphatic rings. The van der Waals surface area contributed by atoms with Crippen molar-refractivity contribution in [3.05, 3.63) is 107 Å². The highest BCUT2D eigenvalue weighted by Crippen LogP contribution is 2.19. The second-order valence-electron chi connectivity index (χ2n) is 8.35. The monoisotopic (exact) mass is 428 g/mol. The van der Waals surface area contributed by atoms with Crippen LogP contribution >= 0.6 is 0 Å². The van der Waals surface area contributed by atoms with E-state index in [1.165, 1.54) is 16.0 Å². The van der Waals surface area contributed by atoms with E-state index in [0.29, 0.717) is 18.7 Å². The molecule has 0 aromatic heterocycles. The maximum Gasteiger partial charge on any atom is 0.251 e. The van der Waals surface area contributed by atoms with E-state index in [1.54, 1.807) is 6.07 Å². The van der Waals surface area contributed by atoms with Gasteiger partial charge in [0.2, 0.25) is 5.91 Å². The second-order valence-corrected chi connectivity index (χ2v) is 8.35. The quantitative estimate of drug-likeness (QED) is 0.633. The summed E-state index contributed by atoms with van der Waals surface area (Å²) < 4.78 is 0. The average Bonchev–Trinajstić information content (AvgIpc) is 2.84. The first-order valence-electron chi connectivity index (χ1n) is 11.2. The highest BCUT2D eigenvalue weighted by molar-refractivity contribution is 5.96. The van der Waals surface area contributed by atoms with Crippen molar-refractivity contribution >= 4 is 11.8 Å². The van der Waals surface area contributed by atoms with Crippen LogP contribution in [-0.4, -0.2) is 49.4 Å². The van der Waals surface area contributed by atoms with Gasteiger partial charge in [-0.05, 0) is 19.1 Å². The molecule has 1 fully saturated rings. The predicted octanol–water partition coefficient (Wildman–Crippen LogP) is 2.24. The standard InChI is InChI=1S/C27H29N3O2/c1-21-9-8-14-24(19-21)27(32)28-20-25(31)29-15-17-30(18-16-29)26(22-10-4-2-5-11-22)23-12-6-3-7-13-23/h2-14,19,26H,15-18,20H2,1H3,(H,28,32)/p+1. The fourth-order valence-corrected chi connectivity index (χ4v) is 4.44. The largest absolute Gasteiger partial charge is 0.343 e. The molecule has 0 atom stereocenters. The Labute approximate surface area is 189 Å². The Morgan fingerprint density at radius 2 is 1.47 bits per heavy atom. The SMILES string of the molecule is Cc1cccc(C(=O)NCC(=O)N2CC[NH+](C(c3ccccc3)c3ccccc3)CC2)c1. The van der Waals surface area contributed by atoms with Crippen molar-refractivity contribution < 1.29 is 14.5 Å². The molecule has 3 aromatic carbocycles. The molecule has 2 N–H and O–H groups in total. The number of nitrogens with zero attached hydrogens (tertiary/aromatic N) is 1. The van der Waals surface area contributed by atoms with Crippen LogP contribution in [0.15, 0.2) is 84.9 Å². The van der Waals surface area contributed by atoms with Gasteiger partial charge in [0.25, 0.3) is 5.91 Å². The second kappa shape index (κ2) is 10.2. The Kier molecular flexibility index (Phi) is 6.97. The molecule has 32 heavy (non-hydrogen) atoms. The minimum atomic E-state index is -0.209. The van der Waals surface area contributed by atoms with Gasteiger partial charge in [-0.3, -0.25) is 9.59 Å². The molecule has 1 aliphatic heterocycles. The summed E-state index contributed by atoms with van der Waals surface area (Å²) in [6, 6.07) is 28.8. The van der Waals surface area contributed by atoms with Gasteiger partial charge in [-0.15, -0.1) is 0 Å². The summed E-state index contributed by atoms with van der Waals surface area (Å²) in [4.78, 5) is 28.4. The lowest BCUT2D eigenvalue weighted by molar-refractivity contribution is -0.929. The third-order valence-electron chi connectivity index (χ3n) is 6.11. The molecule has 2 amide bonds. The molecular formula is C27H30N3O2+. The average molecular weight is 429 g/mol. The van der Waals surface area contributed by atoms with E-state index >= 15 is 0 Å².